The largest absolute Gasteiger partial charge is 0.354 e. The smallest absolute Gasteiger partial charge is 0.241 e. The number of aromatic nitrogens is 1. The van der Waals surface area contributed by atoms with Gasteiger partial charge in [-0.25, -0.2) is 18.1 Å². The zero-order chi connectivity index (χ0) is 20.9. The van der Waals surface area contributed by atoms with E-state index in [1.54, 1.807) is 24.4 Å². The van der Waals surface area contributed by atoms with Gasteiger partial charge in [-0.15, -0.1) is 0 Å². The zero-order valence-corrected chi connectivity index (χ0v) is 18.5. The molecule has 10 heteroatoms. The monoisotopic (exact) mass is 481 g/mol. The highest BCUT2D eigenvalue weighted by Crippen LogP contribution is 2.21. The molecule has 1 aliphatic heterocycles. The molecule has 156 valence electrons. The predicted molar refractivity (Wildman–Crippen MR) is 117 cm³/mol. The number of carbonyl (C=O) groups is 1. The molecule has 0 aliphatic carbocycles. The molecule has 1 saturated heterocycles. The van der Waals surface area contributed by atoms with Crippen LogP contribution in [0.2, 0.25) is 0 Å². The van der Waals surface area contributed by atoms with Crippen LogP contribution in [-0.2, 0) is 14.8 Å². The first-order chi connectivity index (χ1) is 13.8. The second-order valence-corrected chi connectivity index (χ2v) is 9.41. The maximum absolute atomic E-state index is 12.3. The lowest BCUT2D eigenvalue weighted by Crippen LogP contribution is -2.44. The van der Waals surface area contributed by atoms with Crippen LogP contribution in [0.3, 0.4) is 0 Å². The van der Waals surface area contributed by atoms with E-state index in [0.717, 1.165) is 32.0 Å². The minimum Gasteiger partial charge on any atom is -0.354 e. The number of carbonyl (C=O) groups excluding carboxylic acids is 1. The van der Waals surface area contributed by atoms with Crippen molar-refractivity contribution in [2.24, 2.45) is 0 Å². The van der Waals surface area contributed by atoms with Gasteiger partial charge in [-0.3, -0.25) is 4.79 Å². The summed E-state index contributed by atoms with van der Waals surface area (Å²) < 4.78 is 27.5. The lowest BCUT2D eigenvalue weighted by atomic mass is 10.3. The van der Waals surface area contributed by atoms with Crippen LogP contribution >= 0.6 is 15.9 Å². The Bertz CT molecular complexity index is 945. The average molecular weight is 482 g/mol. The molecular formula is C19H24BrN5O3S. The Morgan fingerprint density at radius 2 is 1.86 bits per heavy atom. The summed E-state index contributed by atoms with van der Waals surface area (Å²) in [5.41, 5.74) is 0.585. The highest BCUT2D eigenvalue weighted by Gasteiger charge is 2.17. The molecule has 0 bridgehead atoms. The Labute approximate surface area is 179 Å². The predicted octanol–water partition coefficient (Wildman–Crippen LogP) is 1.90. The molecular weight excluding hydrogens is 458 g/mol. The highest BCUT2D eigenvalue weighted by molar-refractivity contribution is 9.10. The average Bonchev–Trinajstić information content (AvgIpc) is 2.69. The highest BCUT2D eigenvalue weighted by atomic mass is 79.9. The summed E-state index contributed by atoms with van der Waals surface area (Å²) in [4.78, 5) is 21.2. The number of hydrogen-bond acceptors (Lipinski definition) is 6. The molecule has 2 N–H and O–H groups in total. The van der Waals surface area contributed by atoms with E-state index in [1.165, 1.54) is 6.07 Å². The summed E-state index contributed by atoms with van der Waals surface area (Å²) in [5.74, 6) is 0.603. The molecule has 1 aromatic heterocycles. The molecule has 0 saturated carbocycles. The lowest BCUT2D eigenvalue weighted by molar-refractivity contribution is -0.116. The van der Waals surface area contributed by atoms with Crippen LogP contribution in [0.4, 0.5) is 11.5 Å². The summed E-state index contributed by atoms with van der Waals surface area (Å²) >= 11 is 3.22. The fraction of sp³-hybridized carbons (Fsp3) is 0.368. The number of anilines is 2. The Kier molecular flexibility index (Phi) is 7.23. The van der Waals surface area contributed by atoms with E-state index in [4.69, 9.17) is 0 Å². The first-order valence-electron chi connectivity index (χ1n) is 9.29. The molecule has 1 aromatic carbocycles. The summed E-state index contributed by atoms with van der Waals surface area (Å²) in [6.45, 7) is 3.84. The van der Waals surface area contributed by atoms with E-state index < -0.39 is 10.0 Å². The number of sulfonamides is 1. The van der Waals surface area contributed by atoms with Crippen LogP contribution in [0.25, 0.3) is 0 Å². The van der Waals surface area contributed by atoms with Crippen molar-refractivity contribution in [2.75, 3.05) is 50.0 Å². The van der Waals surface area contributed by atoms with Gasteiger partial charge in [0.25, 0.3) is 0 Å². The van der Waals surface area contributed by atoms with Crippen LogP contribution in [0, 0.1) is 0 Å². The molecule has 3 rings (SSSR count). The Hall–Kier alpha value is -2.01. The third-order valence-corrected chi connectivity index (χ3v) is 7.10. The van der Waals surface area contributed by atoms with Crippen molar-refractivity contribution < 1.29 is 13.2 Å². The van der Waals surface area contributed by atoms with E-state index in [2.05, 4.69) is 47.8 Å². The van der Waals surface area contributed by atoms with Crippen LogP contribution < -0.4 is 14.9 Å². The number of nitrogens with zero attached hydrogens (tertiary/aromatic N) is 3. The molecule has 8 nitrogen and oxygen atoms in total. The van der Waals surface area contributed by atoms with E-state index in [-0.39, 0.29) is 23.8 Å². The fourth-order valence-corrected chi connectivity index (χ4v) is 4.98. The van der Waals surface area contributed by atoms with E-state index in [0.29, 0.717) is 10.2 Å². The third kappa shape index (κ3) is 5.99. The Morgan fingerprint density at radius 1 is 1.14 bits per heavy atom. The molecule has 29 heavy (non-hydrogen) atoms. The van der Waals surface area contributed by atoms with Crippen molar-refractivity contribution in [2.45, 2.75) is 11.3 Å². The molecule has 2 aromatic rings. The molecule has 0 atom stereocenters. The van der Waals surface area contributed by atoms with Crippen molar-refractivity contribution in [1.29, 1.82) is 0 Å². The first-order valence-corrected chi connectivity index (χ1v) is 11.6. The van der Waals surface area contributed by atoms with Gasteiger partial charge in [0.1, 0.15) is 5.82 Å². The fourth-order valence-electron chi connectivity index (χ4n) is 2.95. The van der Waals surface area contributed by atoms with Gasteiger partial charge in [0, 0.05) is 43.6 Å². The standard InChI is InChI=1S/C19H24BrN5O3S/c1-24-10-12-25(13-11-24)18-7-6-15(14-21-18)23-19(26)8-9-22-29(27,28)17-5-3-2-4-16(17)20/h2-7,14,22H,8-13H2,1H3,(H,23,26). The van der Waals surface area contributed by atoms with Crippen LogP contribution in [0.15, 0.2) is 52.0 Å². The normalized spacial score (nSPS) is 15.3. The summed E-state index contributed by atoms with van der Waals surface area (Å²) in [7, 11) is -1.58. The summed E-state index contributed by atoms with van der Waals surface area (Å²) in [6.07, 6.45) is 1.64. The second kappa shape index (κ2) is 9.66. The number of benzene rings is 1. The number of halogens is 1. The van der Waals surface area contributed by atoms with Crippen LogP contribution in [0.1, 0.15) is 6.42 Å². The van der Waals surface area contributed by atoms with Crippen molar-refractivity contribution in [3.63, 3.8) is 0 Å². The number of pyridine rings is 1. The SMILES string of the molecule is CN1CCN(c2ccc(NC(=O)CCNS(=O)(=O)c3ccccc3Br)cn2)CC1. The van der Waals surface area contributed by atoms with E-state index >= 15 is 0 Å². The number of amides is 1. The number of piperazine rings is 1. The number of nitrogens with one attached hydrogen (secondary N) is 2. The minimum atomic E-state index is -3.68. The van der Waals surface area contributed by atoms with Crippen molar-refractivity contribution in [3.05, 3.63) is 47.1 Å². The molecule has 2 heterocycles. The number of likely N-dealkylation sites (N-methyl/N-ethyl adjacent to an activating group) is 1. The summed E-state index contributed by atoms with van der Waals surface area (Å²) in [5, 5.41) is 2.74. The quantitative estimate of drug-likeness (QED) is 0.626. The van der Waals surface area contributed by atoms with Gasteiger partial charge < -0.3 is 15.1 Å². The molecule has 1 fully saturated rings. The van der Waals surface area contributed by atoms with Gasteiger partial charge in [0.2, 0.25) is 15.9 Å². The Balaban J connectivity index is 1.48. The maximum atomic E-state index is 12.3. The maximum Gasteiger partial charge on any atom is 0.241 e. The number of hydrogen-bond donors (Lipinski definition) is 2. The van der Waals surface area contributed by atoms with Crippen molar-refractivity contribution in [1.82, 2.24) is 14.6 Å². The lowest BCUT2D eigenvalue weighted by Gasteiger charge is -2.33. The van der Waals surface area contributed by atoms with E-state index in [1.807, 2.05) is 12.1 Å². The molecule has 1 aliphatic rings. The van der Waals surface area contributed by atoms with Gasteiger partial charge in [-0.05, 0) is 47.2 Å². The van der Waals surface area contributed by atoms with Gasteiger partial charge in [0.05, 0.1) is 16.8 Å². The van der Waals surface area contributed by atoms with Gasteiger partial charge in [0.15, 0.2) is 0 Å². The first kappa shape index (κ1) is 21.7. The summed E-state index contributed by atoms with van der Waals surface area (Å²) in [6, 6.07) is 10.2. The topological polar surface area (TPSA) is 94.6 Å². The van der Waals surface area contributed by atoms with Crippen LogP contribution in [0.5, 0.6) is 0 Å². The molecule has 0 radical (unpaired) electrons. The van der Waals surface area contributed by atoms with Crippen molar-refractivity contribution >= 4 is 43.4 Å². The van der Waals surface area contributed by atoms with Gasteiger partial charge in [-0.2, -0.15) is 0 Å². The van der Waals surface area contributed by atoms with Crippen molar-refractivity contribution in [3.8, 4) is 0 Å². The zero-order valence-electron chi connectivity index (χ0n) is 16.1. The molecule has 0 spiro atoms. The second-order valence-electron chi connectivity index (χ2n) is 6.82. The minimum absolute atomic E-state index is 0.00229. The van der Waals surface area contributed by atoms with E-state index in [9.17, 15) is 13.2 Å². The number of rotatable bonds is 7. The van der Waals surface area contributed by atoms with Crippen LogP contribution in [-0.4, -0.2) is 64.0 Å². The molecule has 1 amide bonds. The Morgan fingerprint density at radius 3 is 2.52 bits per heavy atom. The van der Waals surface area contributed by atoms with Gasteiger partial charge >= 0.3 is 0 Å². The molecule has 0 unspecified atom stereocenters. The van der Waals surface area contributed by atoms with Gasteiger partial charge in [-0.1, -0.05) is 12.1 Å². The third-order valence-electron chi connectivity index (χ3n) is 4.63.